The quantitative estimate of drug-likeness (QED) is 0.159. The zero-order chi connectivity index (χ0) is 33.3. The minimum absolute atomic E-state index is 0.00757. The number of carbonyl (C=O) groups is 3. The maximum absolute atomic E-state index is 13.5. The third-order valence-electron chi connectivity index (χ3n) is 7.94. The molecule has 0 atom stereocenters. The van der Waals surface area contributed by atoms with Crippen molar-refractivity contribution in [2.24, 2.45) is 0 Å². The number of nitrogens with one attached hydrogen (secondary N) is 1. The summed E-state index contributed by atoms with van der Waals surface area (Å²) in [6.07, 6.45) is 5.00. The number of carbonyl (C=O) groups excluding carboxylic acids is 2. The molecule has 0 saturated carbocycles. The zero-order valence-electron chi connectivity index (χ0n) is 27.4. The van der Waals surface area contributed by atoms with E-state index < -0.39 is 5.97 Å². The van der Waals surface area contributed by atoms with Crippen LogP contribution in [0.3, 0.4) is 0 Å². The smallest absolute Gasteiger partial charge is 0.305 e. The van der Waals surface area contributed by atoms with Gasteiger partial charge in [0.15, 0.2) is 0 Å². The highest BCUT2D eigenvalue weighted by Crippen LogP contribution is 2.33. The highest BCUT2D eigenvalue weighted by atomic mass is 16.4. The Morgan fingerprint density at radius 1 is 0.870 bits per heavy atom. The summed E-state index contributed by atoms with van der Waals surface area (Å²) in [7, 11) is 2.03. The molecule has 0 fully saturated rings. The van der Waals surface area contributed by atoms with Gasteiger partial charge in [0.2, 0.25) is 0 Å². The molecule has 0 aliphatic rings. The highest BCUT2D eigenvalue weighted by Gasteiger charge is 2.19. The van der Waals surface area contributed by atoms with Crippen molar-refractivity contribution in [1.29, 1.82) is 0 Å². The predicted molar refractivity (Wildman–Crippen MR) is 184 cm³/mol. The van der Waals surface area contributed by atoms with Gasteiger partial charge in [-0.25, -0.2) is 0 Å². The Kier molecular flexibility index (Phi) is 11.3. The number of benzene rings is 3. The van der Waals surface area contributed by atoms with Gasteiger partial charge >= 0.3 is 5.97 Å². The number of aromatic nitrogens is 1. The van der Waals surface area contributed by atoms with Gasteiger partial charge in [-0.05, 0) is 76.6 Å². The summed E-state index contributed by atoms with van der Waals surface area (Å²) in [5.74, 6) is -1.43. The van der Waals surface area contributed by atoms with E-state index in [0.29, 0.717) is 16.8 Å². The second-order valence-corrected chi connectivity index (χ2v) is 12.6. The monoisotopic (exact) mass is 620 g/mol. The first-order valence-electron chi connectivity index (χ1n) is 15.7. The number of hydrogen-bond acceptors (Lipinski definition) is 5. The minimum Gasteiger partial charge on any atom is -0.481 e. The molecule has 2 amide bonds. The fourth-order valence-electron chi connectivity index (χ4n) is 5.20. The minimum atomic E-state index is -0.971. The lowest BCUT2D eigenvalue weighted by Gasteiger charge is -2.24. The second-order valence-electron chi connectivity index (χ2n) is 12.6. The van der Waals surface area contributed by atoms with Crippen LogP contribution >= 0.6 is 0 Å². The number of unbranched alkanes of at least 4 members (excludes halogenated alkanes) is 1. The molecule has 0 aliphatic heterocycles. The van der Waals surface area contributed by atoms with Gasteiger partial charge < -0.3 is 20.2 Å². The molecule has 0 saturated heterocycles. The number of hydrogen-bond donors (Lipinski definition) is 2. The number of carboxylic acids is 1. The van der Waals surface area contributed by atoms with Gasteiger partial charge in [-0.15, -0.1) is 0 Å². The summed E-state index contributed by atoms with van der Waals surface area (Å²) in [6.45, 7) is 9.75. The third kappa shape index (κ3) is 9.03. The van der Waals surface area contributed by atoms with Crippen molar-refractivity contribution in [3.8, 4) is 11.1 Å². The molecule has 8 nitrogen and oxygen atoms in total. The van der Waals surface area contributed by atoms with Crippen LogP contribution in [-0.2, 0) is 16.8 Å². The van der Waals surface area contributed by atoms with Crippen molar-refractivity contribution >= 4 is 29.2 Å². The number of nitrogens with zero attached hydrogens (tertiary/aromatic N) is 3. The van der Waals surface area contributed by atoms with E-state index in [1.807, 2.05) is 73.8 Å². The van der Waals surface area contributed by atoms with E-state index in [1.54, 1.807) is 18.3 Å². The van der Waals surface area contributed by atoms with E-state index >= 15 is 0 Å². The van der Waals surface area contributed by atoms with Crippen LogP contribution in [0.4, 0.5) is 11.4 Å². The van der Waals surface area contributed by atoms with Crippen LogP contribution in [-0.4, -0.2) is 52.9 Å². The van der Waals surface area contributed by atoms with Gasteiger partial charge in [0.1, 0.15) is 0 Å². The summed E-state index contributed by atoms with van der Waals surface area (Å²) in [6, 6.07) is 25.0. The van der Waals surface area contributed by atoms with Crippen molar-refractivity contribution in [2.45, 2.75) is 58.9 Å². The summed E-state index contributed by atoms with van der Waals surface area (Å²) in [5, 5.41) is 12.5. The molecular weight excluding hydrogens is 576 g/mol. The fourth-order valence-corrected chi connectivity index (χ4v) is 5.20. The number of pyridine rings is 1. The Morgan fingerprint density at radius 2 is 1.61 bits per heavy atom. The molecule has 240 valence electrons. The molecular formula is C38H44N4O4. The van der Waals surface area contributed by atoms with Gasteiger partial charge in [0.05, 0.1) is 23.4 Å². The molecule has 0 aliphatic carbocycles. The van der Waals surface area contributed by atoms with Gasteiger partial charge in [-0.2, -0.15) is 0 Å². The van der Waals surface area contributed by atoms with Crippen LogP contribution < -0.4 is 10.2 Å². The SMILES string of the molecule is CCCCN(C)c1ccc(-c2cccc(CN(CCC(=O)O)C(=O)c3cccnc3)c2)cc1NC(=O)c1ccc(C(C)(C)C)cc1. The Balaban J connectivity index is 1.63. The van der Waals surface area contributed by atoms with Crippen molar-refractivity contribution in [3.63, 3.8) is 0 Å². The first-order valence-corrected chi connectivity index (χ1v) is 15.7. The largest absolute Gasteiger partial charge is 0.481 e. The second kappa shape index (κ2) is 15.3. The molecule has 4 aromatic rings. The maximum Gasteiger partial charge on any atom is 0.305 e. The third-order valence-corrected chi connectivity index (χ3v) is 7.94. The standard InChI is InChI=1S/C38H44N4O4/c1-6-7-21-41(5)34-18-15-30(24-33(34)40-36(45)28-13-16-32(17-14-28)38(2,3)4)29-11-8-10-27(23-29)26-42(22-19-35(43)44)37(46)31-12-9-20-39-25-31/h8-18,20,23-25H,6-7,19,21-22,26H2,1-5H3,(H,40,45)(H,43,44). The average Bonchev–Trinajstić information content (AvgIpc) is 3.05. The molecule has 2 N–H and O–H groups in total. The summed E-state index contributed by atoms with van der Waals surface area (Å²) in [5.41, 5.74) is 6.45. The van der Waals surface area contributed by atoms with Crippen LogP contribution in [0.2, 0.25) is 0 Å². The van der Waals surface area contributed by atoms with Crippen molar-refractivity contribution in [1.82, 2.24) is 9.88 Å². The Morgan fingerprint density at radius 3 is 2.26 bits per heavy atom. The van der Waals surface area contributed by atoms with E-state index in [0.717, 1.165) is 47.3 Å². The topological polar surface area (TPSA) is 103 Å². The average molecular weight is 621 g/mol. The summed E-state index contributed by atoms with van der Waals surface area (Å²) >= 11 is 0. The zero-order valence-corrected chi connectivity index (χ0v) is 27.4. The van der Waals surface area contributed by atoms with E-state index in [-0.39, 0.29) is 36.7 Å². The van der Waals surface area contributed by atoms with Gasteiger partial charge in [-0.1, -0.05) is 70.5 Å². The van der Waals surface area contributed by atoms with Gasteiger partial charge in [-0.3, -0.25) is 19.4 Å². The van der Waals surface area contributed by atoms with E-state index in [2.05, 4.69) is 42.9 Å². The molecule has 8 heteroatoms. The normalized spacial score (nSPS) is 11.2. The number of aliphatic carboxylic acids is 1. The Hall–Kier alpha value is -4.98. The molecule has 1 aromatic heterocycles. The Labute approximate surface area is 272 Å². The summed E-state index contributed by atoms with van der Waals surface area (Å²) < 4.78 is 0. The van der Waals surface area contributed by atoms with Crippen molar-refractivity contribution in [3.05, 3.63) is 114 Å². The van der Waals surface area contributed by atoms with Crippen LogP contribution in [0.25, 0.3) is 11.1 Å². The van der Waals surface area contributed by atoms with Crippen LogP contribution in [0.5, 0.6) is 0 Å². The molecule has 0 radical (unpaired) electrons. The fraction of sp³-hybridized carbons (Fsp3) is 0.316. The number of amides is 2. The van der Waals surface area contributed by atoms with Gasteiger partial charge in [0.25, 0.3) is 11.8 Å². The number of anilines is 2. The predicted octanol–water partition coefficient (Wildman–Crippen LogP) is 7.65. The Bertz CT molecular complexity index is 1650. The van der Waals surface area contributed by atoms with Crippen LogP contribution in [0.1, 0.15) is 78.8 Å². The highest BCUT2D eigenvalue weighted by molar-refractivity contribution is 6.06. The van der Waals surface area contributed by atoms with E-state index in [9.17, 15) is 19.5 Å². The lowest BCUT2D eigenvalue weighted by atomic mass is 9.86. The van der Waals surface area contributed by atoms with E-state index in [4.69, 9.17) is 0 Å². The van der Waals surface area contributed by atoms with Crippen LogP contribution in [0, 0.1) is 0 Å². The van der Waals surface area contributed by atoms with Crippen LogP contribution in [0.15, 0.2) is 91.3 Å². The molecule has 0 bridgehead atoms. The van der Waals surface area contributed by atoms with Crippen molar-refractivity contribution < 1.29 is 19.5 Å². The molecule has 0 unspecified atom stereocenters. The number of rotatable bonds is 13. The lowest BCUT2D eigenvalue weighted by molar-refractivity contribution is -0.137. The van der Waals surface area contributed by atoms with Crippen molar-refractivity contribution in [2.75, 3.05) is 30.4 Å². The molecule has 0 spiro atoms. The molecule has 3 aromatic carbocycles. The molecule has 4 rings (SSSR count). The number of carboxylic acid groups (broad SMARTS) is 1. The first-order chi connectivity index (χ1) is 22.0. The molecule has 46 heavy (non-hydrogen) atoms. The molecule has 1 heterocycles. The summed E-state index contributed by atoms with van der Waals surface area (Å²) in [4.78, 5) is 45.8. The first kappa shape index (κ1) is 33.9. The van der Waals surface area contributed by atoms with Gasteiger partial charge in [0, 0.05) is 44.6 Å². The maximum atomic E-state index is 13.5. The van der Waals surface area contributed by atoms with E-state index in [1.165, 1.54) is 11.1 Å². The lowest BCUT2D eigenvalue weighted by Crippen LogP contribution is -2.32.